The Labute approximate surface area is 194 Å². The number of rotatable bonds is 5. The summed E-state index contributed by atoms with van der Waals surface area (Å²) in [4.78, 5) is 30.8. The third-order valence-electron chi connectivity index (χ3n) is 7.13. The average Bonchev–Trinajstić information content (AvgIpc) is 3.44. The smallest absolute Gasteiger partial charge is 0.343 e. The van der Waals surface area contributed by atoms with Crippen LogP contribution in [0, 0.1) is 0 Å². The molecule has 0 spiro atoms. The molecule has 3 aromatic rings. The number of nitrogens with zero attached hydrogens (tertiary/aromatic N) is 2. The Morgan fingerprint density at radius 3 is 2.65 bits per heavy atom. The molecule has 2 aromatic heterocycles. The Hall–Kier alpha value is -3.43. The zero-order valence-electron chi connectivity index (χ0n) is 18.7. The number of carbonyl (C=O) groups is 1. The van der Waals surface area contributed by atoms with E-state index in [2.05, 4.69) is 0 Å². The Bertz CT molecular complexity index is 1430. The molecular weight excluding hydrogens is 440 g/mol. The van der Waals surface area contributed by atoms with Gasteiger partial charge in [-0.05, 0) is 43.4 Å². The highest BCUT2D eigenvalue weighted by atomic mass is 16.7. The van der Waals surface area contributed by atoms with Crippen LogP contribution in [0.4, 0.5) is 0 Å². The van der Waals surface area contributed by atoms with Crippen molar-refractivity contribution >= 4 is 16.9 Å². The van der Waals surface area contributed by atoms with E-state index in [4.69, 9.17) is 19.2 Å². The lowest BCUT2D eigenvalue weighted by atomic mass is 9.86. The van der Waals surface area contributed by atoms with Crippen LogP contribution in [-0.4, -0.2) is 39.1 Å². The second kappa shape index (κ2) is 7.54. The van der Waals surface area contributed by atoms with Crippen molar-refractivity contribution in [1.29, 1.82) is 0 Å². The summed E-state index contributed by atoms with van der Waals surface area (Å²) in [6, 6.07) is 5.49. The molecule has 34 heavy (non-hydrogen) atoms. The van der Waals surface area contributed by atoms with Gasteiger partial charge in [0.25, 0.3) is 5.56 Å². The number of hydrogen-bond donors (Lipinski definition) is 2. The van der Waals surface area contributed by atoms with E-state index >= 15 is 0 Å². The van der Waals surface area contributed by atoms with Gasteiger partial charge >= 0.3 is 5.97 Å². The molecule has 0 saturated heterocycles. The summed E-state index contributed by atoms with van der Waals surface area (Å²) in [5.41, 5.74) is 2.36. The van der Waals surface area contributed by atoms with Crippen LogP contribution in [0.15, 0.2) is 23.0 Å². The minimum absolute atomic E-state index is 0.0929. The molecule has 3 aliphatic heterocycles. The van der Waals surface area contributed by atoms with E-state index in [1.165, 1.54) is 0 Å². The van der Waals surface area contributed by atoms with Crippen molar-refractivity contribution in [1.82, 2.24) is 9.55 Å². The van der Waals surface area contributed by atoms with Crippen LogP contribution in [0.2, 0.25) is 0 Å². The number of pyridine rings is 2. The van der Waals surface area contributed by atoms with E-state index in [1.807, 2.05) is 12.1 Å². The summed E-state index contributed by atoms with van der Waals surface area (Å²) in [6.07, 6.45) is 2.23. The van der Waals surface area contributed by atoms with E-state index in [0.29, 0.717) is 58.9 Å². The van der Waals surface area contributed by atoms with Crippen LogP contribution in [0.25, 0.3) is 22.3 Å². The third kappa shape index (κ3) is 2.83. The van der Waals surface area contributed by atoms with E-state index in [1.54, 1.807) is 17.6 Å². The second-order valence-electron chi connectivity index (χ2n) is 8.92. The number of aliphatic hydroxyl groups excluding tert-OH is 1. The van der Waals surface area contributed by atoms with Gasteiger partial charge in [-0.1, -0.05) is 6.92 Å². The Kier molecular flexibility index (Phi) is 4.69. The van der Waals surface area contributed by atoms with Crippen LogP contribution in [-0.2, 0) is 34.7 Å². The number of aliphatic hydroxyl groups is 2. The van der Waals surface area contributed by atoms with Gasteiger partial charge in [-0.25, -0.2) is 9.78 Å². The van der Waals surface area contributed by atoms with Gasteiger partial charge in [0, 0.05) is 29.2 Å². The number of fused-ring (bicyclic) bond motifs is 6. The first-order chi connectivity index (χ1) is 16.5. The van der Waals surface area contributed by atoms with Gasteiger partial charge in [0.2, 0.25) is 6.79 Å². The molecule has 3 aliphatic rings. The number of cyclic esters (lactones) is 1. The van der Waals surface area contributed by atoms with Crippen molar-refractivity contribution in [3.63, 3.8) is 0 Å². The molecule has 0 aliphatic carbocycles. The summed E-state index contributed by atoms with van der Waals surface area (Å²) in [5, 5.41) is 21.3. The zero-order chi connectivity index (χ0) is 23.6. The van der Waals surface area contributed by atoms with Gasteiger partial charge in [0.15, 0.2) is 17.1 Å². The molecule has 0 saturated carbocycles. The molecule has 0 bridgehead atoms. The lowest BCUT2D eigenvalue weighted by Gasteiger charge is -2.31. The maximum absolute atomic E-state index is 13.5. The predicted molar refractivity (Wildman–Crippen MR) is 121 cm³/mol. The average molecular weight is 464 g/mol. The van der Waals surface area contributed by atoms with Crippen molar-refractivity contribution in [3.05, 3.63) is 50.8 Å². The molecule has 0 amide bonds. The third-order valence-corrected chi connectivity index (χ3v) is 7.13. The minimum atomic E-state index is -1.86. The van der Waals surface area contributed by atoms with Crippen molar-refractivity contribution in [2.75, 3.05) is 13.4 Å². The number of benzene rings is 1. The molecule has 2 N–H and O–H groups in total. The molecule has 9 nitrogen and oxygen atoms in total. The van der Waals surface area contributed by atoms with Crippen molar-refractivity contribution < 1.29 is 29.2 Å². The van der Waals surface area contributed by atoms with Gasteiger partial charge in [-0.3, -0.25) is 4.79 Å². The molecule has 1 atom stereocenters. The van der Waals surface area contributed by atoms with Crippen LogP contribution in [0.5, 0.6) is 11.5 Å². The van der Waals surface area contributed by atoms with Gasteiger partial charge in [-0.2, -0.15) is 0 Å². The number of aryl methyl sites for hydroxylation is 1. The first-order valence-corrected chi connectivity index (χ1v) is 11.5. The Morgan fingerprint density at radius 2 is 1.88 bits per heavy atom. The fraction of sp³-hybridized carbons (Fsp3) is 0.400. The number of carbonyl (C=O) groups excluding carboxylic acids is 1. The number of aromatic nitrogens is 2. The maximum atomic E-state index is 13.5. The van der Waals surface area contributed by atoms with E-state index in [-0.39, 0.29) is 32.0 Å². The number of ether oxygens (including phenoxy) is 3. The lowest BCUT2D eigenvalue weighted by Crippen LogP contribution is -2.44. The fourth-order valence-corrected chi connectivity index (χ4v) is 5.25. The van der Waals surface area contributed by atoms with Gasteiger partial charge in [0.1, 0.15) is 6.61 Å². The molecule has 5 heterocycles. The number of hydrogen-bond acceptors (Lipinski definition) is 8. The Balaban J connectivity index is 1.60. The van der Waals surface area contributed by atoms with Gasteiger partial charge < -0.3 is 29.0 Å². The molecule has 6 rings (SSSR count). The van der Waals surface area contributed by atoms with Gasteiger partial charge in [-0.15, -0.1) is 0 Å². The summed E-state index contributed by atoms with van der Waals surface area (Å²) >= 11 is 0. The number of unbranched alkanes of at least 4 members (excludes halogenated alkanes) is 1. The van der Waals surface area contributed by atoms with Crippen LogP contribution in [0.3, 0.4) is 0 Å². The lowest BCUT2D eigenvalue weighted by molar-refractivity contribution is -0.172. The normalized spacial score (nSPS) is 19.7. The first-order valence-electron chi connectivity index (χ1n) is 11.5. The van der Waals surface area contributed by atoms with Gasteiger partial charge in [0.05, 0.1) is 29.0 Å². The summed E-state index contributed by atoms with van der Waals surface area (Å²) in [7, 11) is 0. The molecule has 0 unspecified atom stereocenters. The highest BCUT2D eigenvalue weighted by molar-refractivity contribution is 5.91. The molecule has 9 heteroatoms. The van der Waals surface area contributed by atoms with Crippen molar-refractivity contribution in [3.8, 4) is 22.9 Å². The van der Waals surface area contributed by atoms with Crippen LogP contribution >= 0.6 is 0 Å². The van der Waals surface area contributed by atoms with E-state index in [9.17, 15) is 19.8 Å². The highest BCUT2D eigenvalue weighted by Crippen LogP contribution is 2.43. The van der Waals surface area contributed by atoms with Crippen molar-refractivity contribution in [2.45, 2.75) is 51.4 Å². The molecule has 0 radical (unpaired) electrons. The minimum Gasteiger partial charge on any atom is -0.458 e. The fourth-order valence-electron chi connectivity index (χ4n) is 5.25. The number of esters is 1. The monoisotopic (exact) mass is 464 g/mol. The van der Waals surface area contributed by atoms with E-state index < -0.39 is 11.6 Å². The molecule has 0 fully saturated rings. The summed E-state index contributed by atoms with van der Waals surface area (Å²) in [6.45, 7) is 2.12. The highest BCUT2D eigenvalue weighted by Gasteiger charge is 2.45. The molecule has 176 valence electrons. The summed E-state index contributed by atoms with van der Waals surface area (Å²) < 4.78 is 17.9. The zero-order valence-corrected chi connectivity index (χ0v) is 18.7. The standard InChI is InChI=1S/C25H24N2O7/c1-2-25(31)17-8-19-22-15(10-27(19)23(29)16(17)11-32-24(25)30)13(5-3-4-6-28)14-7-20-21(34-12-33-20)9-18(14)26-22/h7-9,28,31H,2-6,10-12H2,1H3/t25-/m0/s1. The summed E-state index contributed by atoms with van der Waals surface area (Å²) in [5.74, 6) is 0.531. The Morgan fingerprint density at radius 1 is 1.09 bits per heavy atom. The topological polar surface area (TPSA) is 120 Å². The second-order valence-corrected chi connectivity index (χ2v) is 8.92. The predicted octanol–water partition coefficient (Wildman–Crippen LogP) is 2.12. The molecular formula is C25H24N2O7. The SMILES string of the molecule is CC[C@@]1(O)C(=O)OCc2c1cc1n(c2=O)Cc2c-1nc1cc3c(cc1c2CCCCO)OCO3. The van der Waals surface area contributed by atoms with E-state index in [0.717, 1.165) is 22.9 Å². The largest absolute Gasteiger partial charge is 0.458 e. The van der Waals surface area contributed by atoms with Crippen LogP contribution < -0.4 is 15.0 Å². The maximum Gasteiger partial charge on any atom is 0.343 e. The quantitative estimate of drug-likeness (QED) is 0.340. The van der Waals surface area contributed by atoms with Crippen molar-refractivity contribution in [2.24, 2.45) is 0 Å². The van der Waals surface area contributed by atoms with Crippen LogP contribution in [0.1, 0.15) is 48.4 Å². The molecule has 1 aromatic carbocycles. The first kappa shape index (κ1) is 21.1.